The smallest absolute Gasteiger partial charge is 0.341 e. The Morgan fingerprint density at radius 1 is 1.24 bits per heavy atom. The Kier molecular flexibility index (Phi) is 5.04. The van der Waals surface area contributed by atoms with Crippen molar-refractivity contribution in [3.8, 4) is 34.2 Å². The van der Waals surface area contributed by atoms with Gasteiger partial charge in [-0.3, -0.25) is 0 Å². The van der Waals surface area contributed by atoms with E-state index in [2.05, 4.69) is 20.9 Å². The number of oxazole rings is 1. The molecule has 1 aromatic heterocycles. The fraction of sp³-hybridized carbons (Fsp3) is 0.111. The predicted molar refractivity (Wildman–Crippen MR) is 94.8 cm³/mol. The van der Waals surface area contributed by atoms with Crippen LogP contribution in [0.4, 0.5) is 0 Å². The molecule has 0 amide bonds. The maximum absolute atomic E-state index is 10.8. The van der Waals surface area contributed by atoms with E-state index in [9.17, 15) is 4.79 Å². The van der Waals surface area contributed by atoms with Crippen LogP contribution in [0.25, 0.3) is 22.7 Å². The number of rotatable bonds is 6. The highest BCUT2D eigenvalue weighted by Gasteiger charge is 2.14. The van der Waals surface area contributed by atoms with Gasteiger partial charge in [-0.1, -0.05) is 15.9 Å². The average molecular weight is 404 g/mol. The van der Waals surface area contributed by atoms with E-state index in [4.69, 9.17) is 19.0 Å². The molecule has 0 bridgehead atoms. The van der Waals surface area contributed by atoms with Crippen molar-refractivity contribution in [1.29, 1.82) is 0 Å². The van der Waals surface area contributed by atoms with E-state index >= 15 is 0 Å². The van der Waals surface area contributed by atoms with E-state index in [1.165, 1.54) is 6.26 Å². The number of methoxy groups -OCH3 is 1. The van der Waals surface area contributed by atoms with E-state index in [0.717, 1.165) is 15.8 Å². The van der Waals surface area contributed by atoms with Crippen LogP contribution in [-0.4, -0.2) is 29.8 Å². The summed E-state index contributed by atoms with van der Waals surface area (Å²) in [6.45, 7) is -0.433. The standard InChI is InChI=1S/C18H14BrNO5/c1-23-13-5-2-11(3-6-13)18-20-15(9-25-18)14-8-12(19)4-7-16(14)24-10-17(21)22/h2-9H,10H2,1H3,(H,21,22). The molecule has 7 heteroatoms. The molecule has 0 radical (unpaired) electrons. The number of nitrogens with zero attached hydrogens (tertiary/aromatic N) is 1. The number of carbonyl (C=O) groups is 1. The minimum Gasteiger partial charge on any atom is -0.497 e. The van der Waals surface area contributed by atoms with Crippen molar-refractivity contribution in [2.75, 3.05) is 13.7 Å². The summed E-state index contributed by atoms with van der Waals surface area (Å²) in [4.78, 5) is 15.2. The number of hydrogen-bond acceptors (Lipinski definition) is 5. The molecule has 0 atom stereocenters. The molecule has 1 N–H and O–H groups in total. The monoisotopic (exact) mass is 403 g/mol. The molecule has 6 nitrogen and oxygen atoms in total. The van der Waals surface area contributed by atoms with Crippen molar-refractivity contribution in [2.24, 2.45) is 0 Å². The molecule has 0 saturated heterocycles. The Hall–Kier alpha value is -2.80. The molecule has 0 aliphatic rings. The second kappa shape index (κ2) is 7.40. The third-order valence-corrected chi connectivity index (χ3v) is 3.90. The number of halogens is 1. The number of aliphatic carboxylic acids is 1. The van der Waals surface area contributed by atoms with E-state index < -0.39 is 12.6 Å². The average Bonchev–Trinajstić information content (AvgIpc) is 3.10. The summed E-state index contributed by atoms with van der Waals surface area (Å²) in [7, 11) is 1.60. The molecule has 1 heterocycles. The van der Waals surface area contributed by atoms with Crippen LogP contribution in [0.5, 0.6) is 11.5 Å². The number of hydrogen-bond donors (Lipinski definition) is 1. The number of benzene rings is 2. The molecule has 0 unspecified atom stereocenters. The summed E-state index contributed by atoms with van der Waals surface area (Å²) in [6, 6.07) is 12.6. The van der Waals surface area contributed by atoms with E-state index in [0.29, 0.717) is 22.9 Å². The summed E-state index contributed by atoms with van der Waals surface area (Å²) in [5, 5.41) is 8.81. The summed E-state index contributed by atoms with van der Waals surface area (Å²) >= 11 is 3.40. The maximum Gasteiger partial charge on any atom is 0.341 e. The summed E-state index contributed by atoms with van der Waals surface area (Å²) in [5.41, 5.74) is 1.99. The first-order valence-electron chi connectivity index (χ1n) is 7.31. The van der Waals surface area contributed by atoms with Gasteiger partial charge in [-0.2, -0.15) is 0 Å². The molecule has 0 aliphatic heterocycles. The Labute approximate surface area is 152 Å². The van der Waals surface area contributed by atoms with Crippen LogP contribution in [0.3, 0.4) is 0 Å². The van der Waals surface area contributed by atoms with Gasteiger partial charge in [0.25, 0.3) is 0 Å². The van der Waals surface area contributed by atoms with Crippen molar-refractivity contribution in [3.63, 3.8) is 0 Å². The molecule has 3 rings (SSSR count). The van der Waals surface area contributed by atoms with Gasteiger partial charge in [0.2, 0.25) is 5.89 Å². The SMILES string of the molecule is COc1ccc(-c2nc(-c3cc(Br)ccc3OCC(=O)O)co2)cc1. The van der Waals surface area contributed by atoms with Gasteiger partial charge in [-0.15, -0.1) is 0 Å². The molecule has 128 valence electrons. The molecule has 25 heavy (non-hydrogen) atoms. The molecule has 3 aromatic rings. The van der Waals surface area contributed by atoms with E-state index in [-0.39, 0.29) is 0 Å². The van der Waals surface area contributed by atoms with Crippen LogP contribution in [0, 0.1) is 0 Å². The zero-order chi connectivity index (χ0) is 17.8. The van der Waals surface area contributed by atoms with Crippen LogP contribution >= 0.6 is 15.9 Å². The third kappa shape index (κ3) is 4.00. The molecule has 0 saturated carbocycles. The van der Waals surface area contributed by atoms with E-state index in [1.807, 2.05) is 24.3 Å². The van der Waals surface area contributed by atoms with Crippen LogP contribution in [0.2, 0.25) is 0 Å². The van der Waals surface area contributed by atoms with E-state index in [1.54, 1.807) is 25.3 Å². The van der Waals surface area contributed by atoms with Crippen LogP contribution < -0.4 is 9.47 Å². The quantitative estimate of drug-likeness (QED) is 0.662. The van der Waals surface area contributed by atoms with Crippen LogP contribution in [0.15, 0.2) is 57.6 Å². The number of aromatic nitrogens is 1. The Morgan fingerprint density at radius 3 is 2.68 bits per heavy atom. The largest absolute Gasteiger partial charge is 0.497 e. The number of ether oxygens (including phenoxy) is 2. The third-order valence-electron chi connectivity index (χ3n) is 3.41. The number of carboxylic acid groups (broad SMARTS) is 1. The zero-order valence-corrected chi connectivity index (χ0v) is 14.8. The Bertz CT molecular complexity index is 889. The van der Waals surface area contributed by atoms with Gasteiger partial charge in [-0.25, -0.2) is 9.78 Å². The lowest BCUT2D eigenvalue weighted by Crippen LogP contribution is -2.10. The fourth-order valence-corrected chi connectivity index (χ4v) is 2.59. The summed E-state index contributed by atoms with van der Waals surface area (Å²) in [5.74, 6) is 0.557. The molecule has 0 aliphatic carbocycles. The second-order valence-corrected chi connectivity index (χ2v) is 6.00. The lowest BCUT2D eigenvalue weighted by Gasteiger charge is -2.08. The first kappa shape index (κ1) is 17.0. The second-order valence-electron chi connectivity index (χ2n) is 5.09. The lowest BCUT2D eigenvalue weighted by molar-refractivity contribution is -0.139. The Morgan fingerprint density at radius 2 is 2.00 bits per heavy atom. The van der Waals surface area contributed by atoms with Gasteiger partial charge >= 0.3 is 5.97 Å². The normalized spacial score (nSPS) is 10.5. The lowest BCUT2D eigenvalue weighted by atomic mass is 10.1. The zero-order valence-electron chi connectivity index (χ0n) is 13.2. The summed E-state index contributed by atoms with van der Waals surface area (Å²) in [6.07, 6.45) is 1.51. The highest BCUT2D eigenvalue weighted by atomic mass is 79.9. The molecule has 0 fully saturated rings. The van der Waals surface area contributed by atoms with Gasteiger partial charge in [0.05, 0.1) is 7.11 Å². The maximum atomic E-state index is 10.8. The van der Waals surface area contributed by atoms with Gasteiger partial charge in [0, 0.05) is 15.6 Å². The summed E-state index contributed by atoms with van der Waals surface area (Å²) < 4.78 is 16.8. The minimum absolute atomic E-state index is 0.417. The van der Waals surface area contributed by atoms with Gasteiger partial charge < -0.3 is 19.0 Å². The topological polar surface area (TPSA) is 81.8 Å². The first-order valence-corrected chi connectivity index (χ1v) is 8.10. The molecular formula is C18H14BrNO5. The molecule has 0 spiro atoms. The van der Waals surface area contributed by atoms with Crippen molar-refractivity contribution >= 4 is 21.9 Å². The van der Waals surface area contributed by atoms with Crippen molar-refractivity contribution < 1.29 is 23.8 Å². The highest BCUT2D eigenvalue weighted by molar-refractivity contribution is 9.10. The van der Waals surface area contributed by atoms with Gasteiger partial charge in [-0.05, 0) is 42.5 Å². The fourth-order valence-electron chi connectivity index (χ4n) is 2.23. The molecular weight excluding hydrogens is 390 g/mol. The minimum atomic E-state index is -1.05. The number of carboxylic acids is 1. The van der Waals surface area contributed by atoms with Gasteiger partial charge in [0.1, 0.15) is 23.5 Å². The Balaban J connectivity index is 1.93. The first-order chi connectivity index (χ1) is 12.1. The molecule has 2 aromatic carbocycles. The van der Waals surface area contributed by atoms with Crippen LogP contribution in [0.1, 0.15) is 0 Å². The van der Waals surface area contributed by atoms with Crippen molar-refractivity contribution in [3.05, 3.63) is 53.2 Å². The highest BCUT2D eigenvalue weighted by Crippen LogP contribution is 2.34. The predicted octanol–water partition coefficient (Wildman–Crippen LogP) is 4.24. The van der Waals surface area contributed by atoms with Crippen molar-refractivity contribution in [1.82, 2.24) is 4.98 Å². The van der Waals surface area contributed by atoms with Crippen LogP contribution in [-0.2, 0) is 4.79 Å². The van der Waals surface area contributed by atoms with Gasteiger partial charge in [0.15, 0.2) is 6.61 Å². The van der Waals surface area contributed by atoms with Crippen molar-refractivity contribution in [2.45, 2.75) is 0 Å².